The van der Waals surface area contributed by atoms with Crippen molar-refractivity contribution in [3.8, 4) is 0 Å². The summed E-state index contributed by atoms with van der Waals surface area (Å²) in [5, 5.41) is 8.42. The molecule has 1 saturated heterocycles. The Morgan fingerprint density at radius 1 is 1.36 bits per heavy atom. The molecule has 3 heterocycles. The lowest BCUT2D eigenvalue weighted by Gasteiger charge is -2.33. The number of nitrogens with one attached hydrogen (secondary N) is 1. The van der Waals surface area contributed by atoms with Crippen molar-refractivity contribution in [2.45, 2.75) is 31.8 Å². The van der Waals surface area contributed by atoms with Gasteiger partial charge in [-0.2, -0.15) is 5.10 Å². The summed E-state index contributed by atoms with van der Waals surface area (Å²) in [5.74, 6) is 0.773. The quantitative estimate of drug-likeness (QED) is 0.791. The molecule has 1 fully saturated rings. The van der Waals surface area contributed by atoms with Gasteiger partial charge >= 0.3 is 6.03 Å². The van der Waals surface area contributed by atoms with Crippen molar-refractivity contribution in [1.82, 2.24) is 20.0 Å². The minimum atomic E-state index is -0.176. The van der Waals surface area contributed by atoms with Gasteiger partial charge in [0, 0.05) is 30.9 Å². The van der Waals surface area contributed by atoms with Gasteiger partial charge in [-0.15, -0.1) is 0 Å². The Morgan fingerprint density at radius 2 is 2.24 bits per heavy atom. The Bertz CT molecular complexity index is 822. The fourth-order valence-electron chi connectivity index (χ4n) is 3.42. The molecule has 0 radical (unpaired) electrons. The van der Waals surface area contributed by atoms with E-state index >= 15 is 0 Å². The molecule has 1 aliphatic heterocycles. The molecule has 0 spiro atoms. The number of aromatic nitrogens is 2. The number of hydrogen-bond acceptors (Lipinski definition) is 3. The van der Waals surface area contributed by atoms with Gasteiger partial charge in [-0.3, -0.25) is 4.68 Å². The Balaban J connectivity index is 1.42. The van der Waals surface area contributed by atoms with Crippen LogP contribution < -0.4 is 5.32 Å². The molecule has 3 aromatic rings. The van der Waals surface area contributed by atoms with E-state index in [1.807, 2.05) is 59.1 Å². The molecule has 0 bridgehead atoms. The average Bonchev–Trinajstić information content (AvgIpc) is 3.31. The first-order valence-corrected chi connectivity index (χ1v) is 8.74. The Labute approximate surface area is 146 Å². The first-order chi connectivity index (χ1) is 12.2. The number of likely N-dealkylation sites (tertiary alicyclic amines) is 1. The maximum absolute atomic E-state index is 12.7. The van der Waals surface area contributed by atoms with Crippen molar-refractivity contribution in [3.63, 3.8) is 0 Å². The van der Waals surface area contributed by atoms with E-state index < -0.39 is 0 Å². The molecule has 1 aliphatic rings. The molecule has 0 saturated carbocycles. The Morgan fingerprint density at radius 3 is 3.04 bits per heavy atom. The summed E-state index contributed by atoms with van der Waals surface area (Å²) in [6.07, 6.45) is 5.77. The number of fused-ring (bicyclic) bond motifs is 1. The van der Waals surface area contributed by atoms with E-state index in [1.165, 1.54) is 0 Å². The number of carbonyl (C=O) groups excluding carboxylic acids is 1. The number of furan rings is 1. The fraction of sp³-hybridized carbons (Fsp3) is 0.368. The average molecular weight is 338 g/mol. The van der Waals surface area contributed by atoms with E-state index in [-0.39, 0.29) is 18.1 Å². The topological polar surface area (TPSA) is 63.3 Å². The van der Waals surface area contributed by atoms with Gasteiger partial charge in [-0.1, -0.05) is 18.2 Å². The lowest BCUT2D eigenvalue weighted by molar-refractivity contribution is 0.160. The highest BCUT2D eigenvalue weighted by molar-refractivity contribution is 5.78. The first-order valence-electron chi connectivity index (χ1n) is 8.74. The molecule has 2 unspecified atom stereocenters. The predicted molar refractivity (Wildman–Crippen MR) is 95.2 cm³/mol. The molecule has 4 rings (SSSR count). The van der Waals surface area contributed by atoms with Crippen LogP contribution in [0.3, 0.4) is 0 Å². The van der Waals surface area contributed by atoms with E-state index in [1.54, 1.807) is 6.20 Å². The highest BCUT2D eigenvalue weighted by Crippen LogP contribution is 2.25. The zero-order valence-corrected chi connectivity index (χ0v) is 14.3. The first kappa shape index (κ1) is 15.7. The number of piperidine rings is 1. The van der Waals surface area contributed by atoms with Crippen LogP contribution in [0.4, 0.5) is 4.79 Å². The van der Waals surface area contributed by atoms with Gasteiger partial charge in [0.15, 0.2) is 0 Å². The zero-order valence-electron chi connectivity index (χ0n) is 14.3. The Kier molecular flexibility index (Phi) is 4.17. The van der Waals surface area contributed by atoms with Gasteiger partial charge < -0.3 is 14.6 Å². The fourth-order valence-corrected chi connectivity index (χ4v) is 3.42. The molecule has 2 amide bonds. The minimum absolute atomic E-state index is 0.0511. The molecule has 6 heteroatoms. The second-order valence-corrected chi connectivity index (χ2v) is 6.59. The smallest absolute Gasteiger partial charge is 0.318 e. The number of urea groups is 1. The summed E-state index contributed by atoms with van der Waals surface area (Å²) in [7, 11) is 0. The van der Waals surface area contributed by atoms with E-state index in [9.17, 15) is 4.79 Å². The number of para-hydroxylation sites is 1. The molecule has 0 aliphatic carbocycles. The molecular weight excluding hydrogens is 316 g/mol. The van der Waals surface area contributed by atoms with Gasteiger partial charge in [-0.25, -0.2) is 4.79 Å². The third-order valence-electron chi connectivity index (χ3n) is 4.79. The number of benzene rings is 1. The van der Waals surface area contributed by atoms with Crippen LogP contribution in [0.15, 0.2) is 53.2 Å². The van der Waals surface area contributed by atoms with Crippen molar-refractivity contribution < 1.29 is 9.21 Å². The summed E-state index contributed by atoms with van der Waals surface area (Å²) in [4.78, 5) is 14.5. The zero-order chi connectivity index (χ0) is 17.2. The van der Waals surface area contributed by atoms with Crippen LogP contribution in [0.1, 0.15) is 37.6 Å². The number of rotatable bonds is 3. The lowest BCUT2D eigenvalue weighted by atomic mass is 10.1. The molecule has 2 atom stereocenters. The largest absolute Gasteiger partial charge is 0.459 e. The molecule has 25 heavy (non-hydrogen) atoms. The lowest BCUT2D eigenvalue weighted by Crippen LogP contribution is -2.46. The minimum Gasteiger partial charge on any atom is -0.459 e. The van der Waals surface area contributed by atoms with Crippen molar-refractivity contribution in [2.75, 3.05) is 13.1 Å². The van der Waals surface area contributed by atoms with E-state index in [2.05, 4.69) is 10.4 Å². The van der Waals surface area contributed by atoms with Crippen LogP contribution in [-0.2, 0) is 0 Å². The standard InChI is InChI=1S/C19H22N4O2/c1-14(18-12-15-6-2-3-8-17(15)25-18)21-19(24)22-10-4-7-16(13-22)23-11-5-9-20-23/h2-3,5-6,8-9,11-12,14,16H,4,7,10,13H2,1H3,(H,21,24). The summed E-state index contributed by atoms with van der Waals surface area (Å²) in [6.45, 7) is 3.40. The summed E-state index contributed by atoms with van der Waals surface area (Å²) >= 11 is 0. The SMILES string of the molecule is CC(NC(=O)N1CCCC(n2cccn2)C1)c1cc2ccccc2o1. The van der Waals surface area contributed by atoms with Gasteiger partial charge in [0.1, 0.15) is 11.3 Å². The monoisotopic (exact) mass is 338 g/mol. The second kappa shape index (κ2) is 6.63. The molecular formula is C19H22N4O2. The van der Waals surface area contributed by atoms with Crippen molar-refractivity contribution >= 4 is 17.0 Å². The molecule has 6 nitrogen and oxygen atoms in total. The van der Waals surface area contributed by atoms with E-state index in [0.29, 0.717) is 6.54 Å². The van der Waals surface area contributed by atoms with Gasteiger partial charge in [0.05, 0.1) is 12.1 Å². The predicted octanol–water partition coefficient (Wildman–Crippen LogP) is 3.74. The summed E-state index contributed by atoms with van der Waals surface area (Å²) in [6, 6.07) is 11.8. The Hall–Kier alpha value is -2.76. The highest BCUT2D eigenvalue weighted by Gasteiger charge is 2.26. The number of amides is 2. The van der Waals surface area contributed by atoms with Crippen LogP contribution >= 0.6 is 0 Å². The van der Waals surface area contributed by atoms with Crippen LogP contribution in [0, 0.1) is 0 Å². The number of carbonyl (C=O) groups is 1. The van der Waals surface area contributed by atoms with Crippen molar-refractivity contribution in [1.29, 1.82) is 0 Å². The van der Waals surface area contributed by atoms with E-state index in [0.717, 1.165) is 36.1 Å². The van der Waals surface area contributed by atoms with Crippen LogP contribution in [0.5, 0.6) is 0 Å². The molecule has 1 aromatic carbocycles. The van der Waals surface area contributed by atoms with Crippen LogP contribution in [0.25, 0.3) is 11.0 Å². The van der Waals surface area contributed by atoms with Gasteiger partial charge in [0.25, 0.3) is 0 Å². The van der Waals surface area contributed by atoms with Crippen LogP contribution in [-0.4, -0.2) is 33.8 Å². The number of nitrogens with zero attached hydrogens (tertiary/aromatic N) is 3. The summed E-state index contributed by atoms with van der Waals surface area (Å²) in [5.41, 5.74) is 0.843. The van der Waals surface area contributed by atoms with E-state index in [4.69, 9.17) is 4.42 Å². The normalized spacial score (nSPS) is 19.1. The maximum atomic E-state index is 12.7. The van der Waals surface area contributed by atoms with Crippen molar-refractivity contribution in [2.24, 2.45) is 0 Å². The van der Waals surface area contributed by atoms with Gasteiger partial charge in [-0.05, 0) is 38.0 Å². The summed E-state index contributed by atoms with van der Waals surface area (Å²) < 4.78 is 7.80. The number of hydrogen-bond donors (Lipinski definition) is 1. The molecule has 130 valence electrons. The third-order valence-corrected chi connectivity index (χ3v) is 4.79. The van der Waals surface area contributed by atoms with Gasteiger partial charge in [0.2, 0.25) is 0 Å². The van der Waals surface area contributed by atoms with Crippen molar-refractivity contribution in [3.05, 3.63) is 54.6 Å². The van der Waals surface area contributed by atoms with Crippen LogP contribution in [0.2, 0.25) is 0 Å². The maximum Gasteiger partial charge on any atom is 0.318 e. The molecule has 2 aromatic heterocycles. The second-order valence-electron chi connectivity index (χ2n) is 6.59. The highest BCUT2D eigenvalue weighted by atomic mass is 16.3. The third kappa shape index (κ3) is 3.24. The molecule has 1 N–H and O–H groups in total.